The molecule has 0 N–H and O–H groups in total. The summed E-state index contributed by atoms with van der Waals surface area (Å²) in [5.74, 6) is 0.463. The molecule has 0 unspecified atom stereocenters. The number of halogens is 1. The SMILES string of the molecule is C[Si](C)(C)CCOCOc1cccc(Cl)c1C=O. The Morgan fingerprint density at radius 1 is 1.33 bits per heavy atom. The lowest BCUT2D eigenvalue weighted by atomic mass is 10.2. The highest BCUT2D eigenvalue weighted by molar-refractivity contribution is 6.76. The van der Waals surface area contributed by atoms with Crippen molar-refractivity contribution in [3.63, 3.8) is 0 Å². The van der Waals surface area contributed by atoms with Gasteiger partial charge >= 0.3 is 0 Å². The molecule has 0 heterocycles. The molecule has 1 aromatic rings. The zero-order chi connectivity index (χ0) is 13.6. The van der Waals surface area contributed by atoms with Crippen molar-refractivity contribution in [2.45, 2.75) is 25.7 Å². The quantitative estimate of drug-likeness (QED) is 0.331. The molecule has 1 rings (SSSR count). The Kier molecular flexibility index (Phi) is 5.85. The van der Waals surface area contributed by atoms with E-state index in [0.29, 0.717) is 29.2 Å². The minimum atomic E-state index is -1.07. The average molecular weight is 287 g/mol. The predicted octanol–water partition coefficient (Wildman–Crippen LogP) is 3.84. The molecule has 0 aliphatic rings. The van der Waals surface area contributed by atoms with Gasteiger partial charge in [0, 0.05) is 14.7 Å². The summed E-state index contributed by atoms with van der Waals surface area (Å²) in [5.41, 5.74) is 0.368. The summed E-state index contributed by atoms with van der Waals surface area (Å²) in [6, 6.07) is 6.20. The Morgan fingerprint density at radius 2 is 2.06 bits per heavy atom. The van der Waals surface area contributed by atoms with Crippen LogP contribution >= 0.6 is 11.6 Å². The van der Waals surface area contributed by atoms with Crippen molar-refractivity contribution in [1.29, 1.82) is 0 Å². The van der Waals surface area contributed by atoms with E-state index >= 15 is 0 Å². The summed E-state index contributed by atoms with van der Waals surface area (Å²) < 4.78 is 10.8. The fourth-order valence-electron chi connectivity index (χ4n) is 1.30. The summed E-state index contributed by atoms with van der Waals surface area (Å²) in [5, 5.41) is 0.393. The van der Waals surface area contributed by atoms with E-state index in [0.717, 1.165) is 6.04 Å². The molecule has 0 amide bonds. The van der Waals surface area contributed by atoms with Gasteiger partial charge < -0.3 is 9.47 Å². The first-order valence-corrected chi connectivity index (χ1v) is 9.97. The molecule has 0 bridgehead atoms. The molecule has 1 aromatic carbocycles. The van der Waals surface area contributed by atoms with Crippen LogP contribution in [0.2, 0.25) is 30.7 Å². The van der Waals surface area contributed by atoms with E-state index in [-0.39, 0.29) is 6.79 Å². The van der Waals surface area contributed by atoms with Gasteiger partial charge in [0.05, 0.1) is 10.6 Å². The third-order valence-corrected chi connectivity index (χ3v) is 4.46. The average Bonchev–Trinajstić information content (AvgIpc) is 2.27. The summed E-state index contributed by atoms with van der Waals surface area (Å²) in [4.78, 5) is 10.9. The van der Waals surface area contributed by atoms with Crippen molar-refractivity contribution >= 4 is 26.0 Å². The molecule has 0 saturated heterocycles. The Labute approximate surface area is 114 Å². The number of benzene rings is 1. The third-order valence-electron chi connectivity index (χ3n) is 2.42. The number of rotatable bonds is 7. The second kappa shape index (κ2) is 6.92. The smallest absolute Gasteiger partial charge is 0.189 e. The molecule has 0 aliphatic heterocycles. The molecule has 0 fully saturated rings. The minimum absolute atomic E-state index is 0.145. The molecular formula is C13H19ClO3Si. The van der Waals surface area contributed by atoms with Gasteiger partial charge in [0.2, 0.25) is 0 Å². The maximum Gasteiger partial charge on any atom is 0.189 e. The van der Waals surface area contributed by atoms with Crippen molar-refractivity contribution in [3.05, 3.63) is 28.8 Å². The van der Waals surface area contributed by atoms with Crippen molar-refractivity contribution in [3.8, 4) is 5.75 Å². The molecule has 5 heteroatoms. The summed E-state index contributed by atoms with van der Waals surface area (Å²) in [6.07, 6.45) is 0.694. The summed E-state index contributed by atoms with van der Waals surface area (Å²) in [6.45, 7) is 7.70. The van der Waals surface area contributed by atoms with Gasteiger partial charge in [-0.1, -0.05) is 37.3 Å². The number of aldehydes is 1. The van der Waals surface area contributed by atoms with Crippen LogP contribution in [-0.4, -0.2) is 27.8 Å². The van der Waals surface area contributed by atoms with Crippen LogP contribution in [0.25, 0.3) is 0 Å². The third kappa shape index (κ3) is 5.21. The van der Waals surface area contributed by atoms with E-state index < -0.39 is 8.07 Å². The zero-order valence-electron chi connectivity index (χ0n) is 11.0. The van der Waals surface area contributed by atoms with Crippen LogP contribution in [0.3, 0.4) is 0 Å². The highest BCUT2D eigenvalue weighted by Crippen LogP contribution is 2.24. The van der Waals surface area contributed by atoms with Crippen LogP contribution in [0, 0.1) is 0 Å². The normalized spacial score (nSPS) is 11.3. The number of carbonyl (C=O) groups excluding carboxylic acids is 1. The lowest BCUT2D eigenvalue weighted by Crippen LogP contribution is -2.22. The molecule has 0 aliphatic carbocycles. The molecule has 0 aromatic heterocycles. The minimum Gasteiger partial charge on any atom is -0.467 e. The second-order valence-corrected chi connectivity index (χ2v) is 11.3. The highest BCUT2D eigenvalue weighted by Gasteiger charge is 2.12. The molecule has 0 saturated carbocycles. The van der Waals surface area contributed by atoms with Crippen LogP contribution in [0.15, 0.2) is 18.2 Å². The number of carbonyl (C=O) groups is 1. The van der Waals surface area contributed by atoms with Gasteiger partial charge in [0.25, 0.3) is 0 Å². The van der Waals surface area contributed by atoms with Crippen molar-refractivity contribution < 1.29 is 14.3 Å². The molecule has 18 heavy (non-hydrogen) atoms. The van der Waals surface area contributed by atoms with E-state index in [1.807, 2.05) is 0 Å². The number of hydrogen-bond acceptors (Lipinski definition) is 3. The van der Waals surface area contributed by atoms with Gasteiger partial charge in [0.15, 0.2) is 13.1 Å². The van der Waals surface area contributed by atoms with Crippen molar-refractivity contribution in [2.75, 3.05) is 13.4 Å². The first-order valence-electron chi connectivity index (χ1n) is 5.88. The molecule has 0 atom stereocenters. The second-order valence-electron chi connectivity index (χ2n) is 5.25. The van der Waals surface area contributed by atoms with Crippen LogP contribution in [0.5, 0.6) is 5.75 Å². The lowest BCUT2D eigenvalue weighted by molar-refractivity contribution is 0.0217. The summed E-state index contributed by atoms with van der Waals surface area (Å²) >= 11 is 5.88. The molecule has 3 nitrogen and oxygen atoms in total. The van der Waals surface area contributed by atoms with Gasteiger partial charge in [-0.05, 0) is 18.2 Å². The van der Waals surface area contributed by atoms with E-state index in [1.54, 1.807) is 18.2 Å². The van der Waals surface area contributed by atoms with Crippen LogP contribution in [0.1, 0.15) is 10.4 Å². The maximum atomic E-state index is 10.9. The largest absolute Gasteiger partial charge is 0.467 e. The summed E-state index contributed by atoms with van der Waals surface area (Å²) in [7, 11) is -1.07. The van der Waals surface area contributed by atoms with E-state index in [9.17, 15) is 4.79 Å². The molecule has 0 spiro atoms. The molecular weight excluding hydrogens is 268 g/mol. The number of hydrogen-bond donors (Lipinski definition) is 0. The number of ether oxygens (including phenoxy) is 2. The molecule has 0 radical (unpaired) electrons. The van der Waals surface area contributed by atoms with Crippen molar-refractivity contribution in [2.24, 2.45) is 0 Å². The Balaban J connectivity index is 2.40. The van der Waals surface area contributed by atoms with Gasteiger partial charge in [0.1, 0.15) is 5.75 Å². The van der Waals surface area contributed by atoms with Crippen LogP contribution in [0.4, 0.5) is 0 Å². The Morgan fingerprint density at radius 3 is 2.67 bits per heavy atom. The fraction of sp³-hybridized carbons (Fsp3) is 0.462. The van der Waals surface area contributed by atoms with Gasteiger partial charge in [-0.15, -0.1) is 0 Å². The van der Waals surface area contributed by atoms with Crippen molar-refractivity contribution in [1.82, 2.24) is 0 Å². The monoisotopic (exact) mass is 286 g/mol. The highest BCUT2D eigenvalue weighted by atomic mass is 35.5. The Hall–Kier alpha value is -0.843. The topological polar surface area (TPSA) is 35.5 Å². The zero-order valence-corrected chi connectivity index (χ0v) is 12.8. The first-order chi connectivity index (χ1) is 8.44. The predicted molar refractivity (Wildman–Crippen MR) is 76.4 cm³/mol. The van der Waals surface area contributed by atoms with Gasteiger partial charge in [-0.3, -0.25) is 4.79 Å². The van der Waals surface area contributed by atoms with E-state index in [4.69, 9.17) is 21.1 Å². The first kappa shape index (κ1) is 15.2. The van der Waals surface area contributed by atoms with E-state index in [1.165, 1.54) is 0 Å². The van der Waals surface area contributed by atoms with Gasteiger partial charge in [-0.2, -0.15) is 0 Å². The Bertz CT molecular complexity index is 402. The van der Waals surface area contributed by atoms with E-state index in [2.05, 4.69) is 19.6 Å². The van der Waals surface area contributed by atoms with Gasteiger partial charge in [-0.25, -0.2) is 0 Å². The standard InChI is InChI=1S/C13H19ClO3Si/c1-18(2,3)8-7-16-10-17-13-6-4-5-12(14)11(13)9-15/h4-6,9H,7-8,10H2,1-3H3. The molecule has 100 valence electrons. The van der Waals surface area contributed by atoms with Crippen LogP contribution in [-0.2, 0) is 4.74 Å². The lowest BCUT2D eigenvalue weighted by Gasteiger charge is -2.15. The maximum absolute atomic E-state index is 10.9. The van der Waals surface area contributed by atoms with Crippen LogP contribution < -0.4 is 4.74 Å². The fourth-order valence-corrected chi connectivity index (χ4v) is 2.27.